The van der Waals surface area contributed by atoms with Gasteiger partial charge in [0.2, 0.25) is 5.66 Å². The van der Waals surface area contributed by atoms with Gasteiger partial charge in [-0.3, -0.25) is 4.18 Å². The lowest BCUT2D eigenvalue weighted by molar-refractivity contribution is 0.283. The zero-order valence-corrected chi connectivity index (χ0v) is 6.55. The van der Waals surface area contributed by atoms with Gasteiger partial charge in [0.1, 0.15) is 6.61 Å². The Bertz CT molecular complexity index is 250. The van der Waals surface area contributed by atoms with E-state index in [0.717, 1.165) is 6.26 Å². The Labute approximate surface area is 59.2 Å². The fourth-order valence-electron chi connectivity index (χ4n) is 0.362. The molecule has 0 bridgehead atoms. The second kappa shape index (κ2) is 2.00. The molecule has 1 aliphatic rings. The zero-order chi connectivity index (χ0) is 7.83. The number of hydrogen-bond acceptors (Lipinski definition) is 5. The Balaban J connectivity index is 2.31. The fraction of sp³-hybridized carbons (Fsp3) is 1.00. The smallest absolute Gasteiger partial charge is 0.264 e. The second-order valence-electron chi connectivity index (χ2n) is 2.38. The molecule has 0 aromatic heterocycles. The van der Waals surface area contributed by atoms with Crippen LogP contribution in [0.1, 0.15) is 6.92 Å². The van der Waals surface area contributed by atoms with Crippen LogP contribution in [0.15, 0.2) is 10.2 Å². The molecular formula is C4H8N2O3S. The van der Waals surface area contributed by atoms with Crippen LogP contribution in [-0.4, -0.2) is 26.9 Å². The summed E-state index contributed by atoms with van der Waals surface area (Å²) in [6.07, 6.45) is 0.999. The van der Waals surface area contributed by atoms with Crippen molar-refractivity contribution in [2.24, 2.45) is 10.2 Å². The molecule has 1 rings (SSSR count). The molecule has 0 saturated heterocycles. The largest absolute Gasteiger partial charge is 0.266 e. The molecule has 0 N–H and O–H groups in total. The van der Waals surface area contributed by atoms with Crippen molar-refractivity contribution in [2.75, 3.05) is 12.9 Å². The molecule has 0 aliphatic carbocycles. The van der Waals surface area contributed by atoms with Crippen LogP contribution >= 0.6 is 0 Å². The Morgan fingerprint density at radius 2 is 2.00 bits per heavy atom. The summed E-state index contributed by atoms with van der Waals surface area (Å²) in [5.41, 5.74) is -0.594. The van der Waals surface area contributed by atoms with Gasteiger partial charge in [-0.1, -0.05) is 0 Å². The standard InChI is InChI=1S/C4H8N2O3S/c1-4(5-6-4)3-9-10(2,7)8/h3H2,1-2H3. The number of hydrogen-bond donors (Lipinski definition) is 0. The summed E-state index contributed by atoms with van der Waals surface area (Å²) in [5.74, 6) is 0. The lowest BCUT2D eigenvalue weighted by Crippen LogP contribution is -2.17. The average Bonchev–Trinajstić information content (AvgIpc) is 2.43. The number of nitrogens with zero attached hydrogens (tertiary/aromatic N) is 2. The summed E-state index contributed by atoms with van der Waals surface area (Å²) < 4.78 is 25.2. The highest BCUT2D eigenvalue weighted by Crippen LogP contribution is 2.27. The minimum absolute atomic E-state index is 0.0197. The summed E-state index contributed by atoms with van der Waals surface area (Å²) in [5, 5.41) is 7.15. The van der Waals surface area contributed by atoms with E-state index in [1.54, 1.807) is 6.92 Å². The van der Waals surface area contributed by atoms with E-state index in [2.05, 4.69) is 14.4 Å². The highest BCUT2D eigenvalue weighted by Gasteiger charge is 2.35. The monoisotopic (exact) mass is 164 g/mol. The molecule has 0 aromatic carbocycles. The van der Waals surface area contributed by atoms with Gasteiger partial charge in [-0.2, -0.15) is 18.6 Å². The van der Waals surface area contributed by atoms with Gasteiger partial charge in [0, 0.05) is 0 Å². The maximum Gasteiger partial charge on any atom is 0.264 e. The summed E-state index contributed by atoms with van der Waals surface area (Å²) >= 11 is 0. The Kier molecular flexibility index (Phi) is 1.52. The lowest BCUT2D eigenvalue weighted by atomic mass is 10.3. The molecule has 0 saturated carbocycles. The second-order valence-corrected chi connectivity index (χ2v) is 4.03. The molecule has 0 radical (unpaired) electrons. The van der Waals surface area contributed by atoms with E-state index in [9.17, 15) is 8.42 Å². The van der Waals surface area contributed by atoms with E-state index in [4.69, 9.17) is 0 Å². The molecule has 1 aliphatic heterocycles. The van der Waals surface area contributed by atoms with Crippen molar-refractivity contribution in [2.45, 2.75) is 12.6 Å². The Hall–Kier alpha value is -0.490. The predicted octanol–water partition coefficient (Wildman–Crippen LogP) is 0.145. The third kappa shape index (κ3) is 2.40. The van der Waals surface area contributed by atoms with E-state index in [1.807, 2.05) is 0 Å². The lowest BCUT2D eigenvalue weighted by Gasteiger charge is -2.01. The highest BCUT2D eigenvalue weighted by atomic mass is 32.2. The van der Waals surface area contributed by atoms with Gasteiger partial charge in [-0.05, 0) is 6.92 Å². The highest BCUT2D eigenvalue weighted by molar-refractivity contribution is 7.85. The molecule has 0 atom stereocenters. The Morgan fingerprint density at radius 1 is 1.50 bits per heavy atom. The molecule has 5 nitrogen and oxygen atoms in total. The van der Waals surface area contributed by atoms with Gasteiger partial charge in [-0.15, -0.1) is 0 Å². The van der Waals surface area contributed by atoms with Crippen LogP contribution < -0.4 is 0 Å². The quantitative estimate of drug-likeness (QED) is 0.557. The van der Waals surface area contributed by atoms with E-state index >= 15 is 0 Å². The van der Waals surface area contributed by atoms with Crippen molar-refractivity contribution >= 4 is 10.1 Å². The molecule has 0 amide bonds. The third-order valence-electron chi connectivity index (χ3n) is 0.988. The van der Waals surface area contributed by atoms with Crippen LogP contribution in [0.4, 0.5) is 0 Å². The van der Waals surface area contributed by atoms with Crippen molar-refractivity contribution in [3.05, 3.63) is 0 Å². The molecule has 1 heterocycles. The first kappa shape index (κ1) is 7.62. The van der Waals surface area contributed by atoms with Crippen molar-refractivity contribution < 1.29 is 12.6 Å². The molecule has 58 valence electrons. The first-order valence-corrected chi connectivity index (χ1v) is 4.51. The molecular weight excluding hydrogens is 156 g/mol. The van der Waals surface area contributed by atoms with E-state index in [-0.39, 0.29) is 6.61 Å². The van der Waals surface area contributed by atoms with Gasteiger partial charge in [0.15, 0.2) is 0 Å². The Morgan fingerprint density at radius 3 is 2.30 bits per heavy atom. The molecule has 0 aromatic rings. The van der Waals surface area contributed by atoms with Gasteiger partial charge in [-0.25, -0.2) is 0 Å². The molecule has 10 heavy (non-hydrogen) atoms. The van der Waals surface area contributed by atoms with Gasteiger partial charge < -0.3 is 0 Å². The van der Waals surface area contributed by atoms with Crippen molar-refractivity contribution in [1.82, 2.24) is 0 Å². The SMILES string of the molecule is CC1(COS(C)(=O)=O)N=N1. The van der Waals surface area contributed by atoms with Gasteiger partial charge in [0.05, 0.1) is 6.26 Å². The summed E-state index contributed by atoms with van der Waals surface area (Å²) in [4.78, 5) is 0. The van der Waals surface area contributed by atoms with Crippen LogP contribution in [0.25, 0.3) is 0 Å². The normalized spacial score (nSPS) is 21.0. The molecule has 6 heteroatoms. The van der Waals surface area contributed by atoms with Crippen molar-refractivity contribution in [1.29, 1.82) is 0 Å². The first-order valence-electron chi connectivity index (χ1n) is 2.70. The van der Waals surface area contributed by atoms with E-state index < -0.39 is 15.8 Å². The van der Waals surface area contributed by atoms with Crippen LogP contribution in [0, 0.1) is 0 Å². The maximum atomic E-state index is 10.4. The minimum atomic E-state index is -3.34. The van der Waals surface area contributed by atoms with E-state index in [1.165, 1.54) is 0 Å². The van der Waals surface area contributed by atoms with Crippen LogP contribution in [0.2, 0.25) is 0 Å². The maximum absolute atomic E-state index is 10.4. The summed E-state index contributed by atoms with van der Waals surface area (Å²) in [7, 11) is -3.34. The van der Waals surface area contributed by atoms with E-state index in [0.29, 0.717) is 0 Å². The van der Waals surface area contributed by atoms with Crippen LogP contribution in [-0.2, 0) is 14.3 Å². The number of rotatable bonds is 3. The molecule has 0 spiro atoms. The van der Waals surface area contributed by atoms with Crippen molar-refractivity contribution in [3.63, 3.8) is 0 Å². The summed E-state index contributed by atoms with van der Waals surface area (Å²) in [6, 6.07) is 0. The first-order chi connectivity index (χ1) is 4.41. The minimum Gasteiger partial charge on any atom is -0.266 e. The van der Waals surface area contributed by atoms with Crippen LogP contribution in [0.5, 0.6) is 0 Å². The topological polar surface area (TPSA) is 68.1 Å². The average molecular weight is 164 g/mol. The summed E-state index contributed by atoms with van der Waals surface area (Å²) in [6.45, 7) is 1.71. The van der Waals surface area contributed by atoms with Crippen LogP contribution in [0.3, 0.4) is 0 Å². The third-order valence-corrected chi connectivity index (χ3v) is 1.53. The fourth-order valence-corrected chi connectivity index (χ4v) is 0.799. The van der Waals surface area contributed by atoms with Crippen molar-refractivity contribution in [3.8, 4) is 0 Å². The molecule has 0 unspecified atom stereocenters. The predicted molar refractivity (Wildman–Crippen MR) is 34.1 cm³/mol. The van der Waals surface area contributed by atoms with Gasteiger partial charge in [0.25, 0.3) is 10.1 Å². The molecule has 0 fully saturated rings. The van der Waals surface area contributed by atoms with Gasteiger partial charge >= 0.3 is 0 Å². The zero-order valence-electron chi connectivity index (χ0n) is 5.73.